The van der Waals surface area contributed by atoms with Crippen LogP contribution in [0.15, 0.2) is 18.2 Å². The van der Waals surface area contributed by atoms with Gasteiger partial charge in [0.2, 0.25) is 12.7 Å². The first-order valence-corrected chi connectivity index (χ1v) is 7.51. The van der Waals surface area contributed by atoms with E-state index in [1.54, 1.807) is 0 Å². The fraction of sp³-hybridized carbons (Fsp3) is 0.562. The molecule has 1 aromatic carbocycles. The Labute approximate surface area is 126 Å². The third-order valence-electron chi connectivity index (χ3n) is 3.84. The second-order valence-electron chi connectivity index (χ2n) is 5.23. The highest BCUT2D eigenvalue weighted by atomic mass is 16.7. The average Bonchev–Trinajstić information content (AvgIpc) is 2.95. The van der Waals surface area contributed by atoms with E-state index in [9.17, 15) is 4.79 Å². The number of carbonyl (C=O) groups is 1. The largest absolute Gasteiger partial charge is 0.454 e. The van der Waals surface area contributed by atoms with Gasteiger partial charge in [-0.15, -0.1) is 0 Å². The van der Waals surface area contributed by atoms with Gasteiger partial charge >= 0.3 is 0 Å². The maximum Gasteiger partial charge on any atom is 0.239 e. The molecule has 2 atom stereocenters. The van der Waals surface area contributed by atoms with Crippen molar-refractivity contribution in [3.63, 3.8) is 0 Å². The van der Waals surface area contributed by atoms with Crippen LogP contribution in [-0.2, 0) is 4.79 Å². The number of nitrogens with zero attached hydrogens (tertiary/aromatic N) is 1. The van der Waals surface area contributed by atoms with Crippen molar-refractivity contribution in [2.75, 3.05) is 19.9 Å². The maximum absolute atomic E-state index is 12.3. The van der Waals surface area contributed by atoms with Gasteiger partial charge in [-0.1, -0.05) is 6.07 Å². The molecular weight excluding hydrogens is 268 g/mol. The van der Waals surface area contributed by atoms with Gasteiger partial charge in [0, 0.05) is 19.1 Å². The van der Waals surface area contributed by atoms with Crippen molar-refractivity contribution in [1.29, 1.82) is 0 Å². The maximum atomic E-state index is 12.3. The molecule has 0 radical (unpaired) electrons. The van der Waals surface area contributed by atoms with E-state index in [0.717, 1.165) is 30.2 Å². The Hall–Kier alpha value is -1.75. The summed E-state index contributed by atoms with van der Waals surface area (Å²) in [6.45, 7) is 9.69. The summed E-state index contributed by atoms with van der Waals surface area (Å²) in [5.41, 5.74) is 1.08. The monoisotopic (exact) mass is 292 g/mol. The molecule has 1 aliphatic rings. The smallest absolute Gasteiger partial charge is 0.239 e. The zero-order valence-electron chi connectivity index (χ0n) is 13.2. The molecule has 1 heterocycles. The fourth-order valence-electron chi connectivity index (χ4n) is 2.53. The molecule has 0 bridgehead atoms. The summed E-state index contributed by atoms with van der Waals surface area (Å²) >= 11 is 0. The minimum absolute atomic E-state index is 0.0639. The minimum Gasteiger partial charge on any atom is -0.454 e. The number of amides is 1. The van der Waals surface area contributed by atoms with Crippen LogP contribution in [0.25, 0.3) is 0 Å². The zero-order chi connectivity index (χ0) is 15.4. The Balaban J connectivity index is 2.00. The number of ether oxygens (including phenoxy) is 2. The van der Waals surface area contributed by atoms with Crippen molar-refractivity contribution in [3.8, 4) is 11.5 Å². The summed E-state index contributed by atoms with van der Waals surface area (Å²) in [6.07, 6.45) is 0. The summed E-state index contributed by atoms with van der Waals surface area (Å²) in [6, 6.07) is 5.72. The quantitative estimate of drug-likeness (QED) is 0.874. The standard InChI is InChI=1S/C16H24N2O3/c1-5-18(6-2)16(19)12(4)17-11(3)13-7-8-14-15(9-13)21-10-20-14/h7-9,11-12,17H,5-6,10H2,1-4H3. The molecule has 2 unspecified atom stereocenters. The Morgan fingerprint density at radius 2 is 1.90 bits per heavy atom. The third kappa shape index (κ3) is 3.47. The summed E-state index contributed by atoms with van der Waals surface area (Å²) in [5.74, 6) is 1.68. The van der Waals surface area contributed by atoms with Crippen molar-refractivity contribution >= 4 is 5.91 Å². The molecule has 0 aliphatic carbocycles. The van der Waals surface area contributed by atoms with E-state index in [1.807, 2.05) is 50.8 Å². The van der Waals surface area contributed by atoms with Gasteiger partial charge in [0.05, 0.1) is 6.04 Å². The van der Waals surface area contributed by atoms with Gasteiger partial charge in [-0.05, 0) is 45.4 Å². The number of rotatable bonds is 6. The lowest BCUT2D eigenvalue weighted by Gasteiger charge is -2.26. The summed E-state index contributed by atoms with van der Waals surface area (Å²) < 4.78 is 10.7. The molecule has 0 saturated carbocycles. The van der Waals surface area contributed by atoms with Gasteiger partial charge < -0.3 is 14.4 Å². The van der Waals surface area contributed by atoms with Crippen LogP contribution in [0.5, 0.6) is 11.5 Å². The molecule has 0 fully saturated rings. The lowest BCUT2D eigenvalue weighted by atomic mass is 10.1. The Bertz CT molecular complexity index is 500. The van der Waals surface area contributed by atoms with E-state index in [4.69, 9.17) is 9.47 Å². The first-order valence-electron chi connectivity index (χ1n) is 7.51. The van der Waals surface area contributed by atoms with E-state index in [1.165, 1.54) is 0 Å². The number of carbonyl (C=O) groups excluding carboxylic acids is 1. The molecule has 5 heteroatoms. The van der Waals surface area contributed by atoms with E-state index in [0.29, 0.717) is 0 Å². The lowest BCUT2D eigenvalue weighted by Crippen LogP contribution is -2.45. The average molecular weight is 292 g/mol. The van der Waals surface area contributed by atoms with E-state index in [-0.39, 0.29) is 24.8 Å². The van der Waals surface area contributed by atoms with Crippen molar-refractivity contribution < 1.29 is 14.3 Å². The van der Waals surface area contributed by atoms with E-state index in [2.05, 4.69) is 5.32 Å². The molecule has 1 aliphatic heterocycles. The topological polar surface area (TPSA) is 50.8 Å². The predicted octanol–water partition coefficient (Wildman–Crippen LogP) is 2.32. The Morgan fingerprint density at radius 1 is 1.24 bits per heavy atom. The SMILES string of the molecule is CCN(CC)C(=O)C(C)NC(C)c1ccc2c(c1)OCO2. The van der Waals surface area contributed by atoms with Gasteiger partial charge in [0.1, 0.15) is 0 Å². The highest BCUT2D eigenvalue weighted by molar-refractivity contribution is 5.81. The van der Waals surface area contributed by atoms with E-state index < -0.39 is 0 Å². The third-order valence-corrected chi connectivity index (χ3v) is 3.84. The molecule has 1 N–H and O–H groups in total. The fourth-order valence-corrected chi connectivity index (χ4v) is 2.53. The second kappa shape index (κ2) is 6.80. The number of nitrogens with one attached hydrogen (secondary N) is 1. The van der Waals surface area contributed by atoms with Gasteiger partial charge in [0.15, 0.2) is 11.5 Å². The molecular formula is C16H24N2O3. The van der Waals surface area contributed by atoms with Crippen LogP contribution in [0.1, 0.15) is 39.3 Å². The van der Waals surface area contributed by atoms with Gasteiger partial charge in [-0.25, -0.2) is 0 Å². The number of benzene rings is 1. The Kier molecular flexibility index (Phi) is 5.07. The number of fused-ring (bicyclic) bond motifs is 1. The van der Waals surface area contributed by atoms with Crippen molar-refractivity contribution in [2.45, 2.75) is 39.8 Å². The number of hydrogen-bond acceptors (Lipinski definition) is 4. The highest BCUT2D eigenvalue weighted by Gasteiger charge is 2.21. The van der Waals surface area contributed by atoms with Crippen LogP contribution in [0.4, 0.5) is 0 Å². The normalized spacial score (nSPS) is 15.6. The first kappa shape index (κ1) is 15.6. The first-order chi connectivity index (χ1) is 10.1. The summed E-state index contributed by atoms with van der Waals surface area (Å²) in [4.78, 5) is 14.1. The zero-order valence-corrected chi connectivity index (χ0v) is 13.2. The van der Waals surface area contributed by atoms with Gasteiger partial charge in [-0.2, -0.15) is 0 Å². The molecule has 0 aromatic heterocycles. The molecule has 0 spiro atoms. The number of likely N-dealkylation sites (N-methyl/N-ethyl adjacent to an activating group) is 1. The molecule has 21 heavy (non-hydrogen) atoms. The van der Waals surface area contributed by atoms with Crippen LogP contribution < -0.4 is 14.8 Å². The predicted molar refractivity (Wildman–Crippen MR) is 81.5 cm³/mol. The molecule has 0 saturated heterocycles. The van der Waals surface area contributed by atoms with Crippen molar-refractivity contribution in [3.05, 3.63) is 23.8 Å². The Morgan fingerprint density at radius 3 is 2.57 bits per heavy atom. The van der Waals surface area contributed by atoms with Crippen LogP contribution in [0, 0.1) is 0 Å². The van der Waals surface area contributed by atoms with Crippen LogP contribution in [0.3, 0.4) is 0 Å². The van der Waals surface area contributed by atoms with Crippen LogP contribution in [0.2, 0.25) is 0 Å². The van der Waals surface area contributed by atoms with E-state index >= 15 is 0 Å². The molecule has 1 aromatic rings. The second-order valence-corrected chi connectivity index (χ2v) is 5.23. The molecule has 2 rings (SSSR count). The summed E-state index contributed by atoms with van der Waals surface area (Å²) in [7, 11) is 0. The highest BCUT2D eigenvalue weighted by Crippen LogP contribution is 2.34. The lowest BCUT2D eigenvalue weighted by molar-refractivity contribution is -0.132. The summed E-state index contributed by atoms with van der Waals surface area (Å²) in [5, 5.41) is 3.35. The van der Waals surface area contributed by atoms with Crippen LogP contribution in [-0.4, -0.2) is 36.7 Å². The van der Waals surface area contributed by atoms with Crippen molar-refractivity contribution in [2.24, 2.45) is 0 Å². The molecule has 116 valence electrons. The molecule has 1 amide bonds. The van der Waals surface area contributed by atoms with Gasteiger partial charge in [0.25, 0.3) is 0 Å². The van der Waals surface area contributed by atoms with Crippen molar-refractivity contribution in [1.82, 2.24) is 10.2 Å². The molecule has 5 nitrogen and oxygen atoms in total. The number of hydrogen-bond donors (Lipinski definition) is 1. The minimum atomic E-state index is -0.217. The van der Waals surface area contributed by atoms with Gasteiger partial charge in [-0.3, -0.25) is 10.1 Å². The van der Waals surface area contributed by atoms with Crippen LogP contribution >= 0.6 is 0 Å².